The molecule has 0 saturated carbocycles. The Kier molecular flexibility index (Phi) is 3.52. The van der Waals surface area contributed by atoms with Crippen LogP contribution in [0.2, 0.25) is 0 Å². The van der Waals surface area contributed by atoms with Crippen LogP contribution in [-0.4, -0.2) is 53.3 Å². The zero-order valence-corrected chi connectivity index (χ0v) is 11.0. The molecule has 0 bridgehead atoms. The normalized spacial score (nSPS) is 27.6. The van der Waals surface area contributed by atoms with E-state index in [1.165, 1.54) is 32.4 Å². The molecule has 3 rings (SSSR count). The number of nitrogens with one attached hydrogen (secondary N) is 1. The summed E-state index contributed by atoms with van der Waals surface area (Å²) in [5, 5.41) is 3.62. The average Bonchev–Trinajstić information content (AvgIpc) is 3.05. The van der Waals surface area contributed by atoms with Crippen LogP contribution in [0.5, 0.6) is 0 Å². The van der Waals surface area contributed by atoms with Crippen molar-refractivity contribution in [3.05, 3.63) is 12.4 Å². The number of nitrogens with zero attached hydrogens (tertiary/aromatic N) is 3. The van der Waals surface area contributed by atoms with Gasteiger partial charge >= 0.3 is 0 Å². The Hall–Kier alpha value is -1.07. The second-order valence-corrected chi connectivity index (χ2v) is 5.22. The highest BCUT2D eigenvalue weighted by Gasteiger charge is 2.37. The highest BCUT2D eigenvalue weighted by atomic mass is 16.5. The van der Waals surface area contributed by atoms with Gasteiger partial charge in [-0.2, -0.15) is 0 Å². The summed E-state index contributed by atoms with van der Waals surface area (Å²) in [6.45, 7) is 4.10. The standard InChI is InChI=1S/C13H22N4O/c1-18-10-9-17-8-5-14-13(17)15-11-4-7-16-6-2-3-12(11)16/h5,8,11-12H,2-4,6-7,9-10H2,1H3,(H,14,15). The molecule has 3 heterocycles. The summed E-state index contributed by atoms with van der Waals surface area (Å²) in [6, 6.07) is 1.29. The molecule has 2 aliphatic heterocycles. The van der Waals surface area contributed by atoms with Crippen LogP contribution >= 0.6 is 0 Å². The van der Waals surface area contributed by atoms with Crippen molar-refractivity contribution in [2.24, 2.45) is 0 Å². The van der Waals surface area contributed by atoms with Crippen molar-refractivity contribution >= 4 is 5.95 Å². The van der Waals surface area contributed by atoms with Gasteiger partial charge in [0, 0.05) is 44.7 Å². The highest BCUT2D eigenvalue weighted by Crippen LogP contribution is 2.29. The third kappa shape index (κ3) is 2.24. The lowest BCUT2D eigenvalue weighted by atomic mass is 10.1. The minimum absolute atomic E-state index is 0.566. The van der Waals surface area contributed by atoms with E-state index in [4.69, 9.17) is 4.74 Å². The summed E-state index contributed by atoms with van der Waals surface area (Å²) < 4.78 is 7.26. The highest BCUT2D eigenvalue weighted by molar-refractivity contribution is 5.29. The van der Waals surface area contributed by atoms with Gasteiger partial charge in [0.15, 0.2) is 0 Å². The molecule has 0 aromatic carbocycles. The number of imidazole rings is 1. The molecule has 0 aliphatic carbocycles. The number of fused-ring (bicyclic) bond motifs is 1. The molecule has 18 heavy (non-hydrogen) atoms. The van der Waals surface area contributed by atoms with Crippen LogP contribution in [0, 0.1) is 0 Å². The van der Waals surface area contributed by atoms with E-state index in [1.54, 1.807) is 7.11 Å². The molecule has 0 radical (unpaired) electrons. The predicted molar refractivity (Wildman–Crippen MR) is 70.7 cm³/mol. The van der Waals surface area contributed by atoms with Gasteiger partial charge in [-0.05, 0) is 25.8 Å². The molecule has 5 nitrogen and oxygen atoms in total. The molecular weight excluding hydrogens is 228 g/mol. The van der Waals surface area contributed by atoms with E-state index in [0.29, 0.717) is 6.04 Å². The number of rotatable bonds is 5. The molecular formula is C13H22N4O. The summed E-state index contributed by atoms with van der Waals surface area (Å²) >= 11 is 0. The molecule has 1 aromatic heterocycles. The number of methoxy groups -OCH3 is 1. The number of hydrogen-bond acceptors (Lipinski definition) is 4. The van der Waals surface area contributed by atoms with Gasteiger partial charge in [0.1, 0.15) is 0 Å². The van der Waals surface area contributed by atoms with Crippen molar-refractivity contribution < 1.29 is 4.74 Å². The van der Waals surface area contributed by atoms with Crippen molar-refractivity contribution in [3.63, 3.8) is 0 Å². The van der Waals surface area contributed by atoms with Crippen molar-refractivity contribution in [1.82, 2.24) is 14.5 Å². The van der Waals surface area contributed by atoms with Gasteiger partial charge in [-0.1, -0.05) is 0 Å². The Bertz CT molecular complexity index is 392. The quantitative estimate of drug-likeness (QED) is 0.852. The van der Waals surface area contributed by atoms with Gasteiger partial charge in [-0.25, -0.2) is 4.98 Å². The summed E-state index contributed by atoms with van der Waals surface area (Å²) in [7, 11) is 1.73. The molecule has 1 N–H and O–H groups in total. The zero-order valence-electron chi connectivity index (χ0n) is 11.0. The van der Waals surface area contributed by atoms with Crippen molar-refractivity contribution in [2.45, 2.75) is 37.9 Å². The Morgan fingerprint density at radius 1 is 1.44 bits per heavy atom. The van der Waals surface area contributed by atoms with Gasteiger partial charge in [0.2, 0.25) is 5.95 Å². The number of anilines is 1. The zero-order chi connectivity index (χ0) is 12.4. The minimum atomic E-state index is 0.566. The summed E-state index contributed by atoms with van der Waals surface area (Å²) in [5.74, 6) is 0.991. The maximum atomic E-state index is 5.12. The Morgan fingerprint density at radius 3 is 3.28 bits per heavy atom. The topological polar surface area (TPSA) is 42.3 Å². The number of ether oxygens (including phenoxy) is 1. The monoisotopic (exact) mass is 250 g/mol. The molecule has 0 amide bonds. The SMILES string of the molecule is COCCn1ccnc1NC1CCN2CCCC12. The fourth-order valence-electron chi connectivity index (χ4n) is 3.24. The average molecular weight is 250 g/mol. The van der Waals surface area contributed by atoms with Gasteiger partial charge in [-0.15, -0.1) is 0 Å². The minimum Gasteiger partial charge on any atom is -0.383 e. The third-order valence-corrected chi connectivity index (χ3v) is 4.17. The number of aromatic nitrogens is 2. The lowest BCUT2D eigenvalue weighted by Gasteiger charge is -2.22. The van der Waals surface area contributed by atoms with E-state index in [-0.39, 0.29) is 0 Å². The molecule has 2 fully saturated rings. The van der Waals surface area contributed by atoms with E-state index < -0.39 is 0 Å². The first-order chi connectivity index (χ1) is 8.88. The predicted octanol–water partition coefficient (Wildman–Crippen LogP) is 1.18. The summed E-state index contributed by atoms with van der Waals surface area (Å²) in [4.78, 5) is 7.04. The molecule has 2 unspecified atom stereocenters. The Labute approximate surface area is 108 Å². The van der Waals surface area contributed by atoms with E-state index in [9.17, 15) is 0 Å². The van der Waals surface area contributed by atoms with Crippen molar-refractivity contribution in [3.8, 4) is 0 Å². The molecule has 1 aromatic rings. The summed E-state index contributed by atoms with van der Waals surface area (Å²) in [5.41, 5.74) is 0. The lowest BCUT2D eigenvalue weighted by molar-refractivity contribution is 0.187. The van der Waals surface area contributed by atoms with Crippen molar-refractivity contribution in [1.29, 1.82) is 0 Å². The first kappa shape index (κ1) is 12.0. The van der Waals surface area contributed by atoms with Crippen LogP contribution in [0.1, 0.15) is 19.3 Å². The van der Waals surface area contributed by atoms with Crippen LogP contribution in [0.3, 0.4) is 0 Å². The maximum Gasteiger partial charge on any atom is 0.203 e. The second kappa shape index (κ2) is 5.28. The van der Waals surface area contributed by atoms with Gasteiger partial charge in [0.05, 0.1) is 6.61 Å². The maximum absolute atomic E-state index is 5.12. The molecule has 100 valence electrons. The van der Waals surface area contributed by atoms with Crippen LogP contribution in [0.15, 0.2) is 12.4 Å². The molecule has 2 atom stereocenters. The third-order valence-electron chi connectivity index (χ3n) is 4.17. The number of hydrogen-bond donors (Lipinski definition) is 1. The first-order valence-corrected chi connectivity index (χ1v) is 6.89. The molecule has 2 saturated heterocycles. The van der Waals surface area contributed by atoms with E-state index in [0.717, 1.165) is 25.1 Å². The van der Waals surface area contributed by atoms with Crippen molar-refractivity contribution in [2.75, 3.05) is 32.1 Å². The van der Waals surface area contributed by atoms with E-state index in [1.807, 2.05) is 12.4 Å². The summed E-state index contributed by atoms with van der Waals surface area (Å²) in [6.07, 6.45) is 7.79. The largest absolute Gasteiger partial charge is 0.383 e. The van der Waals surface area contributed by atoms with E-state index in [2.05, 4.69) is 19.8 Å². The first-order valence-electron chi connectivity index (χ1n) is 6.89. The molecule has 2 aliphatic rings. The Balaban J connectivity index is 1.63. The van der Waals surface area contributed by atoms with Gasteiger partial charge < -0.3 is 14.6 Å². The molecule has 0 spiro atoms. The van der Waals surface area contributed by atoms with Crippen LogP contribution < -0.4 is 5.32 Å². The molecule has 5 heteroatoms. The fourth-order valence-corrected chi connectivity index (χ4v) is 3.24. The fraction of sp³-hybridized carbons (Fsp3) is 0.769. The van der Waals surface area contributed by atoms with Gasteiger partial charge in [0.25, 0.3) is 0 Å². The van der Waals surface area contributed by atoms with E-state index >= 15 is 0 Å². The van der Waals surface area contributed by atoms with Crippen LogP contribution in [0.4, 0.5) is 5.95 Å². The smallest absolute Gasteiger partial charge is 0.203 e. The Morgan fingerprint density at radius 2 is 2.39 bits per heavy atom. The van der Waals surface area contributed by atoms with Crippen LogP contribution in [0.25, 0.3) is 0 Å². The lowest BCUT2D eigenvalue weighted by Crippen LogP contribution is -2.34. The second-order valence-electron chi connectivity index (χ2n) is 5.22. The van der Waals surface area contributed by atoms with Crippen LogP contribution in [-0.2, 0) is 11.3 Å². The van der Waals surface area contributed by atoms with Gasteiger partial charge in [-0.3, -0.25) is 4.90 Å².